The average molecular weight is 321 g/mol. The second-order valence-electron chi connectivity index (χ2n) is 4.86. The topological polar surface area (TPSA) is 90.5 Å². The molecule has 5 nitrogen and oxygen atoms in total. The van der Waals surface area contributed by atoms with E-state index >= 15 is 0 Å². The summed E-state index contributed by atoms with van der Waals surface area (Å²) >= 11 is 0. The molecule has 0 heterocycles. The van der Waals surface area contributed by atoms with E-state index in [1.54, 1.807) is 18.2 Å². The van der Waals surface area contributed by atoms with Crippen molar-refractivity contribution >= 4 is 12.0 Å². The second-order valence-corrected chi connectivity index (χ2v) is 4.86. The Hall–Kier alpha value is -3.52. The van der Waals surface area contributed by atoms with E-state index < -0.39 is 5.97 Å². The summed E-state index contributed by atoms with van der Waals surface area (Å²) in [5.74, 6) is -1.17. The predicted molar refractivity (Wildman–Crippen MR) is 88.7 cm³/mol. The standard InChI is InChI=1S/C19H15NO4/c20-12-16(19(23)24-13-15-5-2-1-3-6-15)8-4-7-14-9-10-17(21)18(22)11-14/h1-11,21-22H,13H2/b7-4+,16-8+. The molecule has 0 aliphatic rings. The van der Waals surface area contributed by atoms with Crippen molar-refractivity contribution in [1.29, 1.82) is 5.26 Å². The first kappa shape index (κ1) is 16.8. The lowest BCUT2D eigenvalue weighted by Crippen LogP contribution is -2.06. The van der Waals surface area contributed by atoms with Gasteiger partial charge in [0.15, 0.2) is 11.5 Å². The molecule has 0 unspecified atom stereocenters. The summed E-state index contributed by atoms with van der Waals surface area (Å²) in [6.45, 7) is 0.0915. The molecule has 0 aromatic heterocycles. The Morgan fingerprint density at radius 2 is 1.88 bits per heavy atom. The number of esters is 1. The maximum atomic E-state index is 11.9. The largest absolute Gasteiger partial charge is 0.504 e. The normalized spacial score (nSPS) is 11.2. The van der Waals surface area contributed by atoms with Gasteiger partial charge in [0.1, 0.15) is 18.2 Å². The van der Waals surface area contributed by atoms with E-state index in [0.29, 0.717) is 5.56 Å². The molecule has 2 rings (SSSR count). The van der Waals surface area contributed by atoms with Gasteiger partial charge in [-0.2, -0.15) is 5.26 Å². The number of carbonyl (C=O) groups is 1. The summed E-state index contributed by atoms with van der Waals surface area (Å²) in [7, 11) is 0. The third-order valence-electron chi connectivity index (χ3n) is 3.10. The zero-order valence-electron chi connectivity index (χ0n) is 12.7. The van der Waals surface area contributed by atoms with Crippen molar-refractivity contribution < 1.29 is 19.7 Å². The summed E-state index contributed by atoms with van der Waals surface area (Å²) in [6.07, 6.45) is 4.41. The highest BCUT2D eigenvalue weighted by atomic mass is 16.5. The fourth-order valence-corrected chi connectivity index (χ4v) is 1.85. The first-order valence-electron chi connectivity index (χ1n) is 7.11. The molecule has 2 aromatic rings. The molecule has 0 bridgehead atoms. The Labute approximate surface area is 139 Å². The molecule has 0 saturated carbocycles. The van der Waals surface area contributed by atoms with Gasteiger partial charge in [-0.05, 0) is 29.3 Å². The second kappa shape index (κ2) is 8.20. The van der Waals surface area contributed by atoms with Crippen molar-refractivity contribution in [3.63, 3.8) is 0 Å². The Kier molecular flexibility index (Phi) is 5.76. The highest BCUT2D eigenvalue weighted by Crippen LogP contribution is 2.25. The molecule has 0 radical (unpaired) electrons. The minimum absolute atomic E-state index is 0.0915. The molecule has 0 aliphatic heterocycles. The number of benzene rings is 2. The third kappa shape index (κ3) is 4.75. The Bertz CT molecular complexity index is 817. The van der Waals surface area contributed by atoms with Gasteiger partial charge in [0.05, 0.1) is 0 Å². The fraction of sp³-hybridized carbons (Fsp3) is 0.0526. The minimum Gasteiger partial charge on any atom is -0.504 e. The van der Waals surface area contributed by atoms with E-state index in [4.69, 9.17) is 10.00 Å². The van der Waals surface area contributed by atoms with E-state index in [2.05, 4.69) is 0 Å². The third-order valence-corrected chi connectivity index (χ3v) is 3.10. The van der Waals surface area contributed by atoms with Crippen LogP contribution in [0, 0.1) is 11.3 Å². The predicted octanol–water partition coefficient (Wildman–Crippen LogP) is 3.30. The summed E-state index contributed by atoms with van der Waals surface area (Å²) in [5, 5.41) is 27.7. The quantitative estimate of drug-likeness (QED) is 0.290. The molecule has 0 saturated heterocycles. The van der Waals surface area contributed by atoms with Gasteiger partial charge in [0.2, 0.25) is 0 Å². The summed E-state index contributed by atoms with van der Waals surface area (Å²) < 4.78 is 5.08. The van der Waals surface area contributed by atoms with Gasteiger partial charge in [-0.15, -0.1) is 0 Å². The summed E-state index contributed by atoms with van der Waals surface area (Å²) in [5.41, 5.74) is 1.31. The van der Waals surface area contributed by atoms with Crippen molar-refractivity contribution in [2.24, 2.45) is 0 Å². The molecule has 24 heavy (non-hydrogen) atoms. The smallest absolute Gasteiger partial charge is 0.349 e. The van der Waals surface area contributed by atoms with Crippen LogP contribution in [0.3, 0.4) is 0 Å². The zero-order valence-corrected chi connectivity index (χ0v) is 12.7. The fourth-order valence-electron chi connectivity index (χ4n) is 1.85. The zero-order chi connectivity index (χ0) is 17.4. The number of ether oxygens (including phenoxy) is 1. The van der Waals surface area contributed by atoms with E-state index in [-0.39, 0.29) is 23.7 Å². The molecular formula is C19H15NO4. The molecule has 5 heteroatoms. The molecule has 0 atom stereocenters. The van der Waals surface area contributed by atoms with Crippen LogP contribution in [0.5, 0.6) is 11.5 Å². The maximum absolute atomic E-state index is 11.9. The van der Waals surface area contributed by atoms with Gasteiger partial charge in [0, 0.05) is 0 Å². The first-order chi connectivity index (χ1) is 11.6. The number of carbonyl (C=O) groups excluding carboxylic acids is 1. The summed E-state index contributed by atoms with van der Waals surface area (Å²) in [4.78, 5) is 11.9. The van der Waals surface area contributed by atoms with E-state index in [9.17, 15) is 15.0 Å². The number of hydrogen-bond acceptors (Lipinski definition) is 5. The molecule has 0 spiro atoms. The minimum atomic E-state index is -0.709. The number of hydrogen-bond donors (Lipinski definition) is 2. The molecule has 0 aliphatic carbocycles. The SMILES string of the molecule is N#C/C(=C\C=C\c1ccc(O)c(O)c1)C(=O)OCc1ccccc1. The van der Waals surface area contributed by atoms with Crippen LogP contribution in [0.4, 0.5) is 0 Å². The lowest BCUT2D eigenvalue weighted by atomic mass is 10.1. The number of aromatic hydroxyl groups is 2. The number of rotatable bonds is 5. The molecule has 2 aromatic carbocycles. The van der Waals surface area contributed by atoms with Crippen molar-refractivity contribution in [1.82, 2.24) is 0 Å². The van der Waals surface area contributed by atoms with Crippen molar-refractivity contribution in [3.8, 4) is 17.6 Å². The van der Waals surface area contributed by atoms with E-state index in [1.165, 1.54) is 24.3 Å². The van der Waals surface area contributed by atoms with Gasteiger partial charge >= 0.3 is 5.97 Å². The van der Waals surface area contributed by atoms with Gasteiger partial charge in [0.25, 0.3) is 0 Å². The lowest BCUT2D eigenvalue weighted by molar-refractivity contribution is -0.139. The highest BCUT2D eigenvalue weighted by molar-refractivity contribution is 5.93. The summed E-state index contributed by atoms with van der Waals surface area (Å²) in [6, 6.07) is 15.2. The maximum Gasteiger partial charge on any atom is 0.349 e. The van der Waals surface area contributed by atoms with Crippen LogP contribution < -0.4 is 0 Å². The number of phenolic OH excluding ortho intramolecular Hbond substituents is 2. The van der Waals surface area contributed by atoms with Crippen LogP contribution in [-0.4, -0.2) is 16.2 Å². The number of nitriles is 1. The first-order valence-corrected chi connectivity index (χ1v) is 7.11. The van der Waals surface area contributed by atoms with Crippen LogP contribution in [0.2, 0.25) is 0 Å². The van der Waals surface area contributed by atoms with Crippen LogP contribution in [0.1, 0.15) is 11.1 Å². The van der Waals surface area contributed by atoms with Gasteiger partial charge in [-0.3, -0.25) is 0 Å². The van der Waals surface area contributed by atoms with Crippen LogP contribution in [0.25, 0.3) is 6.08 Å². The highest BCUT2D eigenvalue weighted by Gasteiger charge is 2.09. The Morgan fingerprint density at radius 3 is 2.54 bits per heavy atom. The number of phenols is 2. The van der Waals surface area contributed by atoms with Crippen molar-refractivity contribution in [3.05, 3.63) is 77.4 Å². The molecule has 0 fully saturated rings. The lowest BCUT2D eigenvalue weighted by Gasteiger charge is -2.03. The van der Waals surface area contributed by atoms with Crippen LogP contribution >= 0.6 is 0 Å². The molecule has 0 amide bonds. The van der Waals surface area contributed by atoms with Crippen LogP contribution in [0.15, 0.2) is 66.3 Å². The van der Waals surface area contributed by atoms with Crippen molar-refractivity contribution in [2.75, 3.05) is 0 Å². The average Bonchev–Trinajstić information content (AvgIpc) is 2.60. The number of nitrogens with zero attached hydrogens (tertiary/aromatic N) is 1. The Morgan fingerprint density at radius 1 is 1.12 bits per heavy atom. The van der Waals surface area contributed by atoms with Gasteiger partial charge in [-0.1, -0.05) is 48.6 Å². The van der Waals surface area contributed by atoms with E-state index in [0.717, 1.165) is 5.56 Å². The Balaban J connectivity index is 2.00. The number of allylic oxidation sites excluding steroid dienone is 2. The van der Waals surface area contributed by atoms with Gasteiger partial charge in [-0.25, -0.2) is 4.79 Å². The molecule has 2 N–H and O–H groups in total. The molecule has 120 valence electrons. The monoisotopic (exact) mass is 321 g/mol. The molecular weight excluding hydrogens is 306 g/mol. The van der Waals surface area contributed by atoms with Gasteiger partial charge < -0.3 is 14.9 Å². The van der Waals surface area contributed by atoms with E-state index in [1.807, 2.05) is 30.3 Å². The van der Waals surface area contributed by atoms with Crippen LogP contribution in [-0.2, 0) is 16.1 Å². The van der Waals surface area contributed by atoms with Crippen molar-refractivity contribution in [2.45, 2.75) is 6.61 Å².